The predicted octanol–water partition coefficient (Wildman–Crippen LogP) is 3.83. The number of fused-ring (bicyclic) bond motifs is 15. The van der Waals surface area contributed by atoms with Crippen LogP contribution in [-0.4, -0.2) is 231 Å². The highest BCUT2D eigenvalue weighted by atomic mass is 35.5. The Balaban J connectivity index is 0.949. The maximum Gasteiger partial charge on any atom is 0.321 e. The third-order valence-electron chi connectivity index (χ3n) is 26.4. The number of likely N-dealkylation sites (N-methyl/N-ethyl adjacent to an activating group) is 1. The molecule has 12 aliphatic rings. The number of imide groups is 1. The largest absolute Gasteiger partial charge is 0.507 e. The summed E-state index contributed by atoms with van der Waals surface area (Å²) in [5.74, 6) is -14.1. The minimum Gasteiger partial charge on any atom is -0.507 e. The molecule has 10 amide bonds. The van der Waals surface area contributed by atoms with Gasteiger partial charge in [0.1, 0.15) is 95.5 Å². The quantitative estimate of drug-likeness (QED) is 0.0316. The molecule has 724 valence electrons. The monoisotopic (exact) mass is 1910 g/mol. The number of sulfonamides is 1. The smallest absolute Gasteiger partial charge is 0.321 e. The van der Waals surface area contributed by atoms with Gasteiger partial charge in [-0.25, -0.2) is 17.9 Å². The predicted molar refractivity (Wildman–Crippen MR) is 478 cm³/mol. The molecule has 133 heavy (non-hydrogen) atoms. The van der Waals surface area contributed by atoms with Crippen molar-refractivity contribution < 1.29 is 126 Å². The standard InChI is InChI=1S/C91H119Cl2N13O26S/c1-7-8-9-12-23-133(125,126)97-22-11-10-21-96-38-53-59(109)35-52-67(76(53)113)51-30-44(13-18-58(51)108)69-84(119)106-73(88(123)104-71(52)86(121)101-68-47-26-42-25-43(28-47)29-48(68)27-42)75(112)46-15-20-61(55(93)32-46)129-63-34-49-33-62(79(63)132-89-80(78(115)77(114)64(39-107)130-89)131-66-37-91(5,94)81(116)41(4)127-66)128-60-19-14-45(31-54(60)92)74(111)72(105-82(117)56(95-6)24-40(2)3)87(122)99-57(83(118)102-70(49)85(120)103-69)36-65(110)100-90(124)98-50-16-17-50/h13-15,18-20,30-35,40-43,47-48,50,56-57,64,66,68-75,77-78,80-81,89,95-97,107-109,111-116H,7-12,16-17,21-29,36-39,94H2,1-6H3,(H,99,122)(H,101,121)(H,102,118)(H,103,120)(H,104,123)(H,105,117)(H,106,119)(H2,98,100,110,124)/t41-,42?,43?,47?,48?,56+,57-,64+,66-,68?,69+,70+,71-,72+,73-,74+,75+,77+,78-,80+,81+,89-,91-/m0/s1. The molecule has 2 saturated heterocycles. The Morgan fingerprint density at radius 1 is 0.677 bits per heavy atom. The van der Waals surface area contributed by atoms with Crippen molar-refractivity contribution in [2.75, 3.05) is 32.5 Å². The lowest BCUT2D eigenvalue weighted by Crippen LogP contribution is -2.64. The molecule has 23 N–H and O–H groups in total. The molecule has 0 radical (unpaired) electrons. The Morgan fingerprint density at radius 3 is 1.93 bits per heavy atom. The van der Waals surface area contributed by atoms with E-state index in [1.807, 2.05) is 20.8 Å². The zero-order valence-electron chi connectivity index (χ0n) is 74.3. The van der Waals surface area contributed by atoms with Crippen LogP contribution < -0.4 is 83.2 Å². The lowest BCUT2D eigenvalue weighted by molar-refractivity contribution is -0.333. The Labute approximate surface area is 777 Å². The second-order valence-electron chi connectivity index (χ2n) is 37.1. The van der Waals surface area contributed by atoms with E-state index in [0.29, 0.717) is 43.9 Å². The van der Waals surface area contributed by atoms with E-state index in [1.54, 1.807) is 0 Å². The van der Waals surface area contributed by atoms with Gasteiger partial charge in [0, 0.05) is 48.3 Å². The number of halogens is 2. The molecule has 0 spiro atoms. The highest BCUT2D eigenvalue weighted by molar-refractivity contribution is 7.89. The van der Waals surface area contributed by atoms with E-state index in [1.165, 1.54) is 45.2 Å². The number of carbonyl (C=O) groups is 9. The lowest BCUT2D eigenvalue weighted by atomic mass is 9.54. The first-order valence-corrected chi connectivity index (χ1v) is 47.7. The SMILES string of the molecule is CCCCCCS(=O)(=O)NCCCCNCc1c(O)cc2c(c1O)-c1cc(ccc1O)[C@H]1NC(=O)[C@@H]3NC(=O)[C@H](CC(=O)NC(=O)NC4CC4)NC(=O)[C@H](NC(=O)[C@@H](CC(C)C)NC)[C@H](O)c4ccc(c(Cl)c4)Oc4cc3cc(c4O[C@@H]3O[C@H](CO)[C@@H](O)[C@H](O)[C@H]3O[C@H]3C[C@](C)(N)[C@H](O)[C@H](C)O3)Oc3ccc(cc3Cl)[C@@H](O)[C@H](NC1=O)C(=O)N[C@@H]2C(=O)NC1C2CC3CC(C2)CC1C3. The van der Waals surface area contributed by atoms with Crippen molar-refractivity contribution in [3.8, 4) is 57.1 Å². The summed E-state index contributed by atoms with van der Waals surface area (Å²) in [6, 6.07) is -2.58. The number of benzene rings is 5. The van der Waals surface area contributed by atoms with E-state index in [2.05, 4.69) is 63.2 Å². The molecular formula is C91H119Cl2N13O26S. The second kappa shape index (κ2) is 42.2. The molecule has 5 saturated carbocycles. The van der Waals surface area contributed by atoms with Gasteiger partial charge >= 0.3 is 6.03 Å². The molecule has 0 unspecified atom stereocenters. The van der Waals surface area contributed by atoms with E-state index in [9.17, 15) is 68.8 Å². The lowest BCUT2D eigenvalue weighted by Gasteiger charge is -2.54. The van der Waals surface area contributed by atoms with Gasteiger partial charge in [-0.05, 0) is 210 Å². The second-order valence-corrected chi connectivity index (χ2v) is 39.8. The summed E-state index contributed by atoms with van der Waals surface area (Å²) >= 11 is 14.6. The average Bonchev–Trinajstić information content (AvgIpc) is 1.63. The number of nitrogens with two attached hydrogens (primary N) is 1. The number of aromatic hydroxyl groups is 3. The number of aliphatic hydroxyl groups is 6. The highest BCUT2D eigenvalue weighted by Crippen LogP contribution is 2.55. The van der Waals surface area contributed by atoms with Crippen LogP contribution in [-0.2, 0) is 69.1 Å². The van der Waals surface area contributed by atoms with Crippen LogP contribution in [0.5, 0.6) is 46.0 Å². The van der Waals surface area contributed by atoms with E-state index in [-0.39, 0.29) is 101 Å². The molecule has 7 fully saturated rings. The minimum absolute atomic E-state index is 0.0104. The van der Waals surface area contributed by atoms with Crippen LogP contribution in [0.15, 0.2) is 72.8 Å². The number of rotatable bonds is 28. The third kappa shape index (κ3) is 23.0. The number of unbranched alkanes of at least 4 members (excludes halogenated alkanes) is 4. The van der Waals surface area contributed by atoms with Gasteiger partial charge in [0.25, 0.3) is 0 Å². The van der Waals surface area contributed by atoms with Gasteiger partial charge in [-0.3, -0.25) is 43.7 Å². The molecule has 18 atom stereocenters. The number of phenols is 3. The zero-order valence-corrected chi connectivity index (χ0v) is 76.7. The molecule has 15 bridgehead atoms. The Bertz CT molecular complexity index is 5280. The first kappa shape index (κ1) is 99.1. The van der Waals surface area contributed by atoms with Gasteiger partial charge in [-0.2, -0.15) is 0 Å². The van der Waals surface area contributed by atoms with Crippen molar-refractivity contribution >= 4 is 86.5 Å². The molecule has 7 aliphatic heterocycles. The fourth-order valence-corrected chi connectivity index (χ4v) is 21.0. The van der Waals surface area contributed by atoms with E-state index >= 15 is 28.8 Å². The third-order valence-corrected chi connectivity index (χ3v) is 28.5. The first-order chi connectivity index (χ1) is 63.3. The van der Waals surface area contributed by atoms with E-state index in [0.717, 1.165) is 99.9 Å². The van der Waals surface area contributed by atoms with Crippen molar-refractivity contribution in [2.24, 2.45) is 35.3 Å². The number of ether oxygens (including phenoxy) is 6. The van der Waals surface area contributed by atoms with Crippen molar-refractivity contribution in [1.82, 2.24) is 63.2 Å². The molecule has 39 nitrogen and oxygen atoms in total. The van der Waals surface area contributed by atoms with Gasteiger partial charge in [-0.15, -0.1) is 0 Å². The van der Waals surface area contributed by atoms with E-state index < -0.39 is 254 Å². The van der Waals surface area contributed by atoms with Crippen LogP contribution >= 0.6 is 23.2 Å². The number of carbonyl (C=O) groups excluding carboxylic acids is 9. The topological polar surface area (TPSA) is 596 Å². The van der Waals surface area contributed by atoms with Gasteiger partial charge in [0.15, 0.2) is 23.9 Å². The number of amides is 10. The Hall–Kier alpha value is -9.86. The number of aliphatic hydroxyl groups excluding tert-OH is 6. The fourth-order valence-electron chi connectivity index (χ4n) is 19.4. The number of hydrogen-bond acceptors (Lipinski definition) is 29. The first-order valence-electron chi connectivity index (χ1n) is 45.3. The molecule has 7 heterocycles. The van der Waals surface area contributed by atoms with E-state index in [4.69, 9.17) is 57.4 Å². The molecule has 17 rings (SSSR count). The molecule has 0 aromatic heterocycles. The van der Waals surface area contributed by atoms with Crippen molar-refractivity contribution in [2.45, 2.75) is 265 Å². The van der Waals surface area contributed by atoms with Gasteiger partial charge in [0.2, 0.25) is 69.3 Å². The van der Waals surface area contributed by atoms with Crippen LogP contribution in [0.1, 0.15) is 201 Å². The van der Waals surface area contributed by atoms with Crippen LogP contribution in [0.3, 0.4) is 0 Å². The van der Waals surface area contributed by atoms with Crippen LogP contribution in [0.4, 0.5) is 4.79 Å². The van der Waals surface area contributed by atoms with Crippen molar-refractivity contribution in [3.05, 3.63) is 116 Å². The molecule has 5 aromatic carbocycles. The summed E-state index contributed by atoms with van der Waals surface area (Å²) in [6.45, 7) is 7.63. The Morgan fingerprint density at radius 2 is 1.31 bits per heavy atom. The summed E-state index contributed by atoms with van der Waals surface area (Å²) in [5.41, 5.74) is 2.52. The molecule has 42 heteroatoms. The summed E-state index contributed by atoms with van der Waals surface area (Å²) in [7, 11) is -2.10. The maximum atomic E-state index is 16.8. The number of urea groups is 1. The molecule has 5 aromatic rings. The normalized spacial score (nSPS) is 30.0. The average molecular weight is 1910 g/mol. The zero-order chi connectivity index (χ0) is 95.5. The van der Waals surface area contributed by atoms with Crippen LogP contribution in [0, 0.1) is 29.6 Å². The van der Waals surface area contributed by atoms with Gasteiger partial charge < -0.3 is 133 Å². The van der Waals surface area contributed by atoms with Gasteiger partial charge in [0.05, 0.1) is 52.6 Å². The maximum absolute atomic E-state index is 16.8. The summed E-state index contributed by atoms with van der Waals surface area (Å²) in [5, 5.41) is 138. The summed E-state index contributed by atoms with van der Waals surface area (Å²) < 4.78 is 67.5. The van der Waals surface area contributed by atoms with Crippen LogP contribution in [0.2, 0.25) is 10.0 Å². The minimum atomic E-state index is -3.57. The number of phenolic OH excluding ortho intramolecular Hbond substituents is 3. The summed E-state index contributed by atoms with van der Waals surface area (Å²) in [4.78, 5) is 139. The molecule has 5 aliphatic carbocycles. The summed E-state index contributed by atoms with van der Waals surface area (Å²) in [6.07, 6.45) is -9.88. The number of nitrogens with one attached hydrogen (secondary N) is 12. The highest BCUT2D eigenvalue weighted by Gasteiger charge is 2.54. The fraction of sp³-hybridized carbons (Fsp3) is 0.571. The van der Waals surface area contributed by atoms with Gasteiger partial charge in [-0.1, -0.05) is 81.4 Å². The Kier molecular flexibility index (Phi) is 31.4. The van der Waals surface area contributed by atoms with Crippen molar-refractivity contribution in [1.29, 1.82) is 0 Å². The molecular weight excluding hydrogens is 1790 g/mol. The van der Waals surface area contributed by atoms with Crippen LogP contribution in [0.25, 0.3) is 11.1 Å². The number of hydrogen-bond donors (Lipinski definition) is 22. The van der Waals surface area contributed by atoms with Crippen molar-refractivity contribution in [3.63, 3.8) is 0 Å².